The van der Waals surface area contributed by atoms with Crippen molar-refractivity contribution in [2.45, 2.75) is 20.8 Å². The number of hydrogen-bond donors (Lipinski definition) is 1. The smallest absolute Gasteiger partial charge is 0.266 e. The Morgan fingerprint density at radius 2 is 1.88 bits per heavy atom. The van der Waals surface area contributed by atoms with E-state index in [0.717, 1.165) is 22.3 Å². The van der Waals surface area contributed by atoms with Crippen LogP contribution in [0.2, 0.25) is 0 Å². The summed E-state index contributed by atoms with van der Waals surface area (Å²) in [4.78, 5) is 14.9. The molecule has 2 aromatic rings. The highest BCUT2D eigenvalue weighted by Crippen LogP contribution is 2.35. The van der Waals surface area contributed by atoms with Gasteiger partial charge >= 0.3 is 0 Å². The van der Waals surface area contributed by atoms with Crippen LogP contribution in [0.3, 0.4) is 0 Å². The van der Waals surface area contributed by atoms with Crippen molar-refractivity contribution in [3.8, 4) is 17.6 Å². The van der Waals surface area contributed by atoms with Gasteiger partial charge in [0.2, 0.25) is 0 Å². The fourth-order valence-corrected chi connectivity index (χ4v) is 3.86. The number of nitrogens with one attached hydrogen (secondary N) is 1. The van der Waals surface area contributed by atoms with Crippen molar-refractivity contribution in [1.29, 1.82) is 5.26 Å². The van der Waals surface area contributed by atoms with E-state index in [1.165, 1.54) is 0 Å². The number of carbonyl (C=O) groups excluding carboxylic acids is 1. The van der Waals surface area contributed by atoms with E-state index in [1.54, 1.807) is 18.2 Å². The Labute approximate surface area is 203 Å². The molecule has 0 aliphatic carbocycles. The predicted octanol–water partition coefficient (Wildman–Crippen LogP) is 5.65. The molecule has 0 aliphatic heterocycles. The summed E-state index contributed by atoms with van der Waals surface area (Å²) in [5, 5.41) is 12.4. The minimum atomic E-state index is -0.469. The van der Waals surface area contributed by atoms with Gasteiger partial charge in [-0.25, -0.2) is 0 Å². The largest absolute Gasteiger partial charge is 0.490 e. The lowest BCUT2D eigenvalue weighted by Gasteiger charge is -2.21. The Balaban J connectivity index is 2.25. The van der Waals surface area contributed by atoms with E-state index in [4.69, 9.17) is 9.47 Å². The van der Waals surface area contributed by atoms with E-state index in [2.05, 4.69) is 53.2 Å². The summed E-state index contributed by atoms with van der Waals surface area (Å²) in [5.41, 5.74) is 2.38. The van der Waals surface area contributed by atoms with Crippen LogP contribution in [0.5, 0.6) is 11.5 Å². The summed E-state index contributed by atoms with van der Waals surface area (Å²) in [6, 6.07) is 13.2. The summed E-state index contributed by atoms with van der Waals surface area (Å²) in [5.74, 6) is 0.695. The first kappa shape index (κ1) is 25.3. The molecule has 2 aromatic carbocycles. The van der Waals surface area contributed by atoms with Gasteiger partial charge in [0, 0.05) is 24.5 Å². The van der Waals surface area contributed by atoms with Crippen molar-refractivity contribution in [2.24, 2.45) is 0 Å². The average molecular weight is 545 g/mol. The topological polar surface area (TPSA) is 74.6 Å². The number of benzene rings is 2. The average Bonchev–Trinajstić information content (AvgIpc) is 2.79. The Morgan fingerprint density at radius 3 is 2.44 bits per heavy atom. The number of nitrogens with zero attached hydrogens (tertiary/aromatic N) is 2. The molecule has 32 heavy (non-hydrogen) atoms. The van der Waals surface area contributed by atoms with E-state index < -0.39 is 5.91 Å². The maximum Gasteiger partial charge on any atom is 0.266 e. The van der Waals surface area contributed by atoms with Gasteiger partial charge in [0.1, 0.15) is 18.2 Å². The van der Waals surface area contributed by atoms with Crippen LogP contribution in [0.4, 0.5) is 11.4 Å². The van der Waals surface area contributed by atoms with Crippen molar-refractivity contribution in [3.05, 3.63) is 63.8 Å². The van der Waals surface area contributed by atoms with E-state index in [-0.39, 0.29) is 5.57 Å². The van der Waals surface area contributed by atoms with Crippen LogP contribution >= 0.6 is 22.6 Å². The molecule has 0 spiro atoms. The standard InChI is InChI=1S/C25H28IN3O3/c1-5-13-32-24-22(26)15-18(16-23(24)31-8-4)14-19(17-27)25(30)28-20-9-11-21(12-10-20)29(6-2)7-3/h5,9-12,14-16H,1,6-8,13H2,2-4H3,(H,28,30)/b19-14-. The molecule has 0 saturated heterocycles. The predicted molar refractivity (Wildman–Crippen MR) is 138 cm³/mol. The Hall–Kier alpha value is -2.99. The molecule has 0 unspecified atom stereocenters. The third-order valence-electron chi connectivity index (χ3n) is 4.61. The summed E-state index contributed by atoms with van der Waals surface area (Å²) in [6.45, 7) is 12.4. The SMILES string of the molecule is C=CCOc1c(I)cc(/C=C(/C#N)C(=O)Nc2ccc(N(CC)CC)cc2)cc1OCC. The van der Waals surface area contributed by atoms with Crippen LogP contribution in [0.25, 0.3) is 6.08 Å². The second-order valence-corrected chi connectivity index (χ2v) is 7.87. The quantitative estimate of drug-likeness (QED) is 0.171. The zero-order chi connectivity index (χ0) is 23.5. The van der Waals surface area contributed by atoms with Crippen LogP contribution in [-0.2, 0) is 4.79 Å². The monoisotopic (exact) mass is 545 g/mol. The Kier molecular flexibility index (Phi) is 10.1. The Morgan fingerprint density at radius 1 is 1.19 bits per heavy atom. The molecule has 6 nitrogen and oxygen atoms in total. The summed E-state index contributed by atoms with van der Waals surface area (Å²) in [6.07, 6.45) is 3.20. The molecule has 168 valence electrons. The van der Waals surface area contributed by atoms with Gasteiger partial charge in [-0.2, -0.15) is 5.26 Å². The van der Waals surface area contributed by atoms with Crippen molar-refractivity contribution < 1.29 is 14.3 Å². The highest BCUT2D eigenvalue weighted by atomic mass is 127. The van der Waals surface area contributed by atoms with Gasteiger partial charge in [0.15, 0.2) is 11.5 Å². The van der Waals surface area contributed by atoms with E-state index in [0.29, 0.717) is 36.0 Å². The van der Waals surface area contributed by atoms with Gasteiger partial charge in [-0.3, -0.25) is 4.79 Å². The van der Waals surface area contributed by atoms with Crippen LogP contribution in [0.15, 0.2) is 54.6 Å². The third kappa shape index (κ3) is 6.76. The lowest BCUT2D eigenvalue weighted by atomic mass is 10.1. The number of amides is 1. The molecule has 0 aromatic heterocycles. The lowest BCUT2D eigenvalue weighted by molar-refractivity contribution is -0.112. The molecule has 7 heteroatoms. The van der Waals surface area contributed by atoms with Crippen LogP contribution in [0.1, 0.15) is 26.3 Å². The number of hydrogen-bond acceptors (Lipinski definition) is 5. The summed E-state index contributed by atoms with van der Waals surface area (Å²) in [7, 11) is 0. The Bertz CT molecular complexity index is 1010. The van der Waals surface area contributed by atoms with Gasteiger partial charge in [-0.05, 0) is 91.4 Å². The van der Waals surface area contributed by atoms with Crippen molar-refractivity contribution in [1.82, 2.24) is 0 Å². The first-order valence-electron chi connectivity index (χ1n) is 10.4. The van der Waals surface area contributed by atoms with Gasteiger partial charge in [0.05, 0.1) is 10.2 Å². The highest BCUT2D eigenvalue weighted by molar-refractivity contribution is 14.1. The van der Waals surface area contributed by atoms with Crippen LogP contribution in [-0.4, -0.2) is 32.2 Å². The molecule has 0 bridgehead atoms. The fourth-order valence-electron chi connectivity index (χ4n) is 3.07. The molecule has 1 N–H and O–H groups in total. The number of rotatable bonds is 11. The van der Waals surface area contributed by atoms with E-state index in [9.17, 15) is 10.1 Å². The molecule has 0 atom stereocenters. The molecule has 0 radical (unpaired) electrons. The molecule has 1 amide bonds. The zero-order valence-corrected chi connectivity index (χ0v) is 20.8. The molecule has 2 rings (SSSR count). The zero-order valence-electron chi connectivity index (χ0n) is 18.7. The van der Waals surface area contributed by atoms with E-state index in [1.807, 2.05) is 43.3 Å². The molecule has 0 fully saturated rings. The van der Waals surface area contributed by atoms with Crippen molar-refractivity contribution >= 4 is 45.9 Å². The second kappa shape index (κ2) is 12.8. The van der Waals surface area contributed by atoms with Gasteiger partial charge in [0.25, 0.3) is 5.91 Å². The number of halogens is 1. The lowest BCUT2D eigenvalue weighted by Crippen LogP contribution is -2.21. The van der Waals surface area contributed by atoms with Crippen molar-refractivity contribution in [2.75, 3.05) is 36.5 Å². The fraction of sp³-hybridized carbons (Fsp3) is 0.280. The first-order chi connectivity index (χ1) is 15.5. The molecule has 0 heterocycles. The van der Waals surface area contributed by atoms with Gasteiger partial charge < -0.3 is 19.7 Å². The molecular weight excluding hydrogens is 517 g/mol. The number of nitriles is 1. The molecular formula is C25H28IN3O3. The summed E-state index contributed by atoms with van der Waals surface area (Å²) >= 11 is 2.14. The third-order valence-corrected chi connectivity index (χ3v) is 5.41. The summed E-state index contributed by atoms with van der Waals surface area (Å²) < 4.78 is 12.2. The first-order valence-corrected chi connectivity index (χ1v) is 11.5. The second-order valence-electron chi connectivity index (χ2n) is 6.71. The minimum absolute atomic E-state index is 0.00386. The minimum Gasteiger partial charge on any atom is -0.490 e. The van der Waals surface area contributed by atoms with E-state index >= 15 is 0 Å². The van der Waals surface area contributed by atoms with Crippen LogP contribution in [0, 0.1) is 14.9 Å². The number of ether oxygens (including phenoxy) is 2. The maximum atomic E-state index is 12.7. The normalized spacial score (nSPS) is 10.8. The van der Waals surface area contributed by atoms with Gasteiger partial charge in [-0.15, -0.1) is 0 Å². The number of anilines is 2. The maximum absolute atomic E-state index is 12.7. The van der Waals surface area contributed by atoms with Crippen molar-refractivity contribution in [3.63, 3.8) is 0 Å². The highest BCUT2D eigenvalue weighted by Gasteiger charge is 2.14. The van der Waals surface area contributed by atoms with Crippen LogP contribution < -0.4 is 19.7 Å². The number of carbonyl (C=O) groups is 1. The van der Waals surface area contributed by atoms with Gasteiger partial charge in [-0.1, -0.05) is 12.7 Å². The molecule has 0 saturated carbocycles. The molecule has 0 aliphatic rings.